The first-order chi connectivity index (χ1) is 23.2. The molecule has 5 heterocycles. The van der Waals surface area contributed by atoms with E-state index < -0.39 is 34.5 Å². The van der Waals surface area contributed by atoms with E-state index in [1.165, 1.54) is 21.3 Å². The van der Waals surface area contributed by atoms with E-state index in [2.05, 4.69) is 17.2 Å². The molecule has 0 aromatic carbocycles. The van der Waals surface area contributed by atoms with Crippen molar-refractivity contribution in [3.8, 4) is 0 Å². The third-order valence-corrected chi connectivity index (χ3v) is 10.7. The first-order valence-electron chi connectivity index (χ1n) is 16.6. The van der Waals surface area contributed by atoms with Crippen molar-refractivity contribution >= 4 is 47.3 Å². The van der Waals surface area contributed by atoms with E-state index in [9.17, 15) is 19.2 Å². The number of nitrogens with one attached hydrogen (secondary N) is 2. The molecule has 0 spiro atoms. The van der Waals surface area contributed by atoms with Crippen LogP contribution >= 0.6 is 0 Å². The van der Waals surface area contributed by atoms with Crippen LogP contribution in [-0.4, -0.2) is 78.0 Å². The predicted octanol–water partition coefficient (Wildman–Crippen LogP) is 3.49. The SMILES string of the molecule is COC(=O)CCC1=C(C)C2=NC1(CCC(=O)OC)C(C)C1(CCC(=O)OC)NC(C)(C=C3C=CC(=N3)C=c3ccc([nH]3)=C2)C(C(C)=O)=C1C.[Cu+2]. The fourth-order valence-electron chi connectivity index (χ4n) is 8.33. The van der Waals surface area contributed by atoms with Crippen LogP contribution in [0.1, 0.15) is 73.1 Å². The van der Waals surface area contributed by atoms with Crippen molar-refractivity contribution in [2.45, 2.75) is 89.8 Å². The van der Waals surface area contributed by atoms with Crippen LogP contribution in [0.25, 0.3) is 12.2 Å². The maximum absolute atomic E-state index is 13.6. The van der Waals surface area contributed by atoms with Crippen LogP contribution in [-0.2, 0) is 50.5 Å². The summed E-state index contributed by atoms with van der Waals surface area (Å²) in [4.78, 5) is 65.7. The fourth-order valence-corrected chi connectivity index (χ4v) is 8.33. The zero-order valence-electron chi connectivity index (χ0n) is 29.9. The van der Waals surface area contributed by atoms with Gasteiger partial charge in [-0.2, -0.15) is 0 Å². The second-order valence-electron chi connectivity index (χ2n) is 13.4. The van der Waals surface area contributed by atoms with E-state index in [-0.39, 0.29) is 60.9 Å². The first-order valence-corrected chi connectivity index (χ1v) is 16.6. The number of ether oxygens (including phenoxy) is 3. The Balaban J connectivity index is 0.00000562. The number of H-pyrrole nitrogens is 1. The van der Waals surface area contributed by atoms with Gasteiger partial charge in [-0.05, 0) is 106 Å². The average Bonchev–Trinajstić information content (AvgIpc) is 3.81. The normalized spacial score (nSPS) is 26.6. The molecule has 4 aliphatic rings. The van der Waals surface area contributed by atoms with Gasteiger partial charge in [-0.1, -0.05) is 6.92 Å². The number of aromatic amines is 1. The van der Waals surface area contributed by atoms with E-state index in [1.54, 1.807) is 6.92 Å². The van der Waals surface area contributed by atoms with Crippen molar-refractivity contribution in [1.82, 2.24) is 10.3 Å². The van der Waals surface area contributed by atoms with Crippen LogP contribution < -0.4 is 16.0 Å². The molecule has 0 amide bonds. The Hall–Kier alpha value is -4.12. The molecule has 0 saturated carbocycles. The Morgan fingerprint density at radius 1 is 0.880 bits per heavy atom. The number of fused-ring (bicyclic) bond motifs is 6. The summed E-state index contributed by atoms with van der Waals surface area (Å²) in [7, 11) is 4.06. The predicted molar refractivity (Wildman–Crippen MR) is 187 cm³/mol. The Morgan fingerprint density at radius 3 is 2.10 bits per heavy atom. The molecule has 0 aliphatic carbocycles. The summed E-state index contributed by atoms with van der Waals surface area (Å²) >= 11 is 0. The van der Waals surface area contributed by atoms with Gasteiger partial charge in [0.05, 0.1) is 49.5 Å². The summed E-state index contributed by atoms with van der Waals surface area (Å²) in [6.07, 6.45) is 10.8. The third kappa shape index (κ3) is 7.06. The number of allylic oxidation sites excluding steroid dienone is 3. The van der Waals surface area contributed by atoms with Gasteiger partial charge < -0.3 is 19.2 Å². The van der Waals surface area contributed by atoms with E-state index in [0.717, 1.165) is 33.1 Å². The van der Waals surface area contributed by atoms with Crippen molar-refractivity contribution in [2.75, 3.05) is 21.3 Å². The third-order valence-electron chi connectivity index (χ3n) is 10.7. The quantitative estimate of drug-likeness (QED) is 0.211. The number of hydrogen-bond donors (Lipinski definition) is 2. The number of carbonyl (C=O) groups is 4. The van der Waals surface area contributed by atoms with Gasteiger partial charge in [0, 0.05) is 47.0 Å². The number of nitrogens with zero attached hydrogens (tertiary/aromatic N) is 2. The van der Waals surface area contributed by atoms with E-state index in [0.29, 0.717) is 23.4 Å². The summed E-state index contributed by atoms with van der Waals surface area (Å²) in [5.74, 6) is -1.73. The molecule has 1 radical (unpaired) electrons. The Morgan fingerprint density at radius 2 is 1.48 bits per heavy atom. The number of ketones is 1. The summed E-state index contributed by atoms with van der Waals surface area (Å²) in [5.41, 5.74) is 2.23. The van der Waals surface area contributed by atoms with Gasteiger partial charge in [0.2, 0.25) is 0 Å². The molecule has 2 N–H and O–H groups in total. The van der Waals surface area contributed by atoms with Crippen LogP contribution in [0.2, 0.25) is 0 Å². The summed E-state index contributed by atoms with van der Waals surface area (Å²) in [5, 5.41) is 5.54. The molecule has 50 heavy (non-hydrogen) atoms. The van der Waals surface area contributed by atoms with E-state index >= 15 is 0 Å². The topological polar surface area (TPSA) is 149 Å². The summed E-state index contributed by atoms with van der Waals surface area (Å²) < 4.78 is 15.3. The molecule has 4 aliphatic heterocycles. The minimum Gasteiger partial charge on any atom is -0.469 e. The van der Waals surface area contributed by atoms with Gasteiger partial charge in [-0.25, -0.2) is 4.99 Å². The van der Waals surface area contributed by atoms with Crippen LogP contribution in [0.3, 0.4) is 0 Å². The maximum atomic E-state index is 13.6. The monoisotopic (exact) mass is 733 g/mol. The number of methoxy groups -OCH3 is 3. The van der Waals surface area contributed by atoms with Gasteiger partial charge in [0.25, 0.3) is 0 Å². The molecule has 269 valence electrons. The standard InChI is InChI=1S/C38H46N4O7.Cu/c1-22-30(13-14-32(44)47-6)38(18-16-34(46)49-8)25(4)37(17-15-33(45)48-7)23(2)35(24(3)43)36(5,42-37)21-29-12-11-27(40-29)19-26-9-10-28(39-26)20-31(22)41-38;/h9-12,19-21,25,39,42H,13-18H2,1-8H3;/q;+2. The minimum atomic E-state index is -1.06. The largest absolute Gasteiger partial charge is 2.00 e. The number of carbonyl (C=O) groups excluding carboxylic acids is 4. The van der Waals surface area contributed by atoms with Gasteiger partial charge >= 0.3 is 35.0 Å². The second-order valence-corrected chi connectivity index (χ2v) is 13.4. The van der Waals surface area contributed by atoms with Crippen molar-refractivity contribution < 1.29 is 50.5 Å². The van der Waals surface area contributed by atoms with Crippen molar-refractivity contribution in [1.29, 1.82) is 0 Å². The van der Waals surface area contributed by atoms with Crippen molar-refractivity contribution in [2.24, 2.45) is 15.9 Å². The smallest absolute Gasteiger partial charge is 0.469 e. The molecule has 12 heteroatoms. The van der Waals surface area contributed by atoms with Gasteiger partial charge in [-0.15, -0.1) is 0 Å². The zero-order chi connectivity index (χ0) is 35.7. The number of Topliss-reactive ketones (excluding diaryl/α,β-unsaturated/α-hetero) is 1. The molecule has 4 atom stereocenters. The molecular weight excluding hydrogens is 688 g/mol. The molecule has 0 fully saturated rings. The molecule has 1 aromatic rings. The molecule has 4 unspecified atom stereocenters. The number of rotatable bonds is 10. The molecule has 1 aromatic heterocycles. The fraction of sp³-hybridized carbons (Fsp3) is 0.474. The van der Waals surface area contributed by atoms with Gasteiger partial charge in [0.1, 0.15) is 0 Å². The molecule has 11 nitrogen and oxygen atoms in total. The zero-order valence-corrected chi connectivity index (χ0v) is 30.9. The Bertz CT molecular complexity index is 1910. The van der Waals surface area contributed by atoms with Crippen molar-refractivity contribution in [3.63, 3.8) is 0 Å². The summed E-state index contributed by atoms with van der Waals surface area (Å²) in [6.45, 7) is 9.48. The number of hydrogen-bond acceptors (Lipinski definition) is 10. The van der Waals surface area contributed by atoms with Gasteiger partial charge in [0.15, 0.2) is 5.78 Å². The molecule has 8 bridgehead atoms. The first kappa shape index (κ1) is 38.7. The van der Waals surface area contributed by atoms with Crippen LogP contribution in [0, 0.1) is 5.92 Å². The Kier molecular flexibility index (Phi) is 11.6. The van der Waals surface area contributed by atoms with Gasteiger partial charge in [-0.3, -0.25) is 29.5 Å². The van der Waals surface area contributed by atoms with E-state index in [1.807, 2.05) is 63.3 Å². The number of aromatic nitrogens is 1. The molecular formula is C38H46CuN4O7+2. The van der Waals surface area contributed by atoms with Crippen LogP contribution in [0.5, 0.6) is 0 Å². The molecule has 0 saturated heterocycles. The Labute approximate surface area is 303 Å². The number of esters is 3. The van der Waals surface area contributed by atoms with Crippen LogP contribution in [0.4, 0.5) is 0 Å². The summed E-state index contributed by atoms with van der Waals surface area (Å²) in [6, 6.07) is 3.94. The second kappa shape index (κ2) is 15.0. The average molecular weight is 734 g/mol. The number of aliphatic imine (C=N–C) groups is 2. The molecule has 5 rings (SSSR count). The van der Waals surface area contributed by atoms with Crippen LogP contribution in [0.15, 0.2) is 68.3 Å². The van der Waals surface area contributed by atoms with E-state index in [4.69, 9.17) is 24.2 Å². The maximum Gasteiger partial charge on any atom is 2.00 e. The minimum absolute atomic E-state index is 0. The van der Waals surface area contributed by atoms with Crippen molar-refractivity contribution in [3.05, 3.63) is 69.0 Å².